The Bertz CT molecular complexity index is 902. The first-order valence-electron chi connectivity index (χ1n) is 7.82. The molecule has 0 aromatic heterocycles. The molecule has 26 heavy (non-hydrogen) atoms. The average Bonchev–Trinajstić information content (AvgIpc) is 2.59. The van der Waals surface area contributed by atoms with Gasteiger partial charge in [-0.1, -0.05) is 38.1 Å². The first-order chi connectivity index (χ1) is 12.1. The highest BCUT2D eigenvalue weighted by molar-refractivity contribution is 7.89. The van der Waals surface area contributed by atoms with Crippen molar-refractivity contribution in [1.82, 2.24) is 4.31 Å². The molecule has 0 radical (unpaired) electrons. The lowest BCUT2D eigenvalue weighted by Crippen LogP contribution is -2.38. The van der Waals surface area contributed by atoms with Crippen molar-refractivity contribution in [2.24, 2.45) is 5.92 Å². The van der Waals surface area contributed by atoms with Gasteiger partial charge in [-0.05, 0) is 41.3 Å². The number of carboxylic acid groups (broad SMARTS) is 2. The van der Waals surface area contributed by atoms with E-state index < -0.39 is 22.1 Å². The van der Waals surface area contributed by atoms with E-state index in [1.54, 1.807) is 38.1 Å². The molecule has 8 heteroatoms. The number of rotatable bonds is 6. The van der Waals surface area contributed by atoms with Crippen LogP contribution in [0.3, 0.4) is 0 Å². The zero-order valence-corrected chi connectivity index (χ0v) is 15.1. The van der Waals surface area contributed by atoms with E-state index in [4.69, 9.17) is 5.11 Å². The van der Waals surface area contributed by atoms with E-state index in [-0.39, 0.29) is 22.9 Å². The van der Waals surface area contributed by atoms with Gasteiger partial charge >= 0.3 is 12.1 Å². The number of carbonyl (C=O) groups is 2. The molecular weight excluding hydrogens is 358 g/mol. The van der Waals surface area contributed by atoms with Crippen LogP contribution in [0.25, 0.3) is 11.1 Å². The minimum Gasteiger partial charge on any atom is -0.478 e. The Morgan fingerprint density at radius 1 is 0.923 bits per heavy atom. The Hall–Kier alpha value is -2.87. The Morgan fingerprint density at radius 2 is 1.38 bits per heavy atom. The summed E-state index contributed by atoms with van der Waals surface area (Å²) in [5, 5.41) is 18.1. The number of carboxylic acids is 1. The van der Waals surface area contributed by atoms with Crippen LogP contribution in [0.15, 0.2) is 53.4 Å². The largest absolute Gasteiger partial charge is 0.478 e. The van der Waals surface area contributed by atoms with Crippen LogP contribution in [0.4, 0.5) is 4.79 Å². The van der Waals surface area contributed by atoms with Crippen molar-refractivity contribution in [3.63, 3.8) is 0 Å². The lowest BCUT2D eigenvalue weighted by atomic mass is 10.0. The molecule has 138 valence electrons. The molecule has 0 saturated heterocycles. The Morgan fingerprint density at radius 3 is 1.77 bits per heavy atom. The fraction of sp³-hybridized carbons (Fsp3) is 0.222. The number of hydrogen-bond donors (Lipinski definition) is 2. The molecule has 2 rings (SSSR count). The van der Waals surface area contributed by atoms with Crippen molar-refractivity contribution in [2.45, 2.75) is 18.7 Å². The fourth-order valence-corrected chi connectivity index (χ4v) is 3.80. The van der Waals surface area contributed by atoms with Crippen LogP contribution in [0.1, 0.15) is 24.2 Å². The Balaban J connectivity index is 2.33. The van der Waals surface area contributed by atoms with E-state index in [0.717, 1.165) is 5.56 Å². The first-order valence-corrected chi connectivity index (χ1v) is 9.26. The smallest absolute Gasteiger partial charge is 0.421 e. The van der Waals surface area contributed by atoms with Gasteiger partial charge in [0.15, 0.2) is 0 Å². The number of hydrogen-bond acceptors (Lipinski definition) is 4. The van der Waals surface area contributed by atoms with Crippen LogP contribution in [-0.2, 0) is 10.0 Å². The van der Waals surface area contributed by atoms with Crippen molar-refractivity contribution in [1.29, 1.82) is 0 Å². The van der Waals surface area contributed by atoms with Gasteiger partial charge in [-0.25, -0.2) is 22.3 Å². The maximum absolute atomic E-state index is 12.6. The van der Waals surface area contributed by atoms with Crippen molar-refractivity contribution < 1.29 is 28.2 Å². The minimum absolute atomic E-state index is 0.119. The van der Waals surface area contributed by atoms with Crippen molar-refractivity contribution in [3.05, 3.63) is 54.1 Å². The zero-order chi connectivity index (χ0) is 19.5. The van der Waals surface area contributed by atoms with Crippen molar-refractivity contribution in [3.8, 4) is 11.1 Å². The van der Waals surface area contributed by atoms with Crippen molar-refractivity contribution in [2.75, 3.05) is 6.54 Å². The molecule has 0 aliphatic heterocycles. The van der Waals surface area contributed by atoms with Gasteiger partial charge in [-0.2, -0.15) is 0 Å². The molecule has 2 aromatic rings. The maximum Gasteiger partial charge on any atom is 0.421 e. The highest BCUT2D eigenvalue weighted by Crippen LogP contribution is 2.24. The number of benzene rings is 2. The van der Waals surface area contributed by atoms with Gasteiger partial charge < -0.3 is 10.2 Å². The first kappa shape index (κ1) is 19.5. The molecule has 2 N–H and O–H groups in total. The van der Waals surface area contributed by atoms with Crippen molar-refractivity contribution >= 4 is 22.1 Å². The standard InChI is InChI=1S/C18H19NO6S/c1-12(2)11-19(18(22)23)26(24,25)16-9-7-14(8-10-16)13-3-5-15(6-4-13)17(20)21/h3-10,12H,11H2,1-2H3,(H,20,21)(H,22,23). The summed E-state index contributed by atoms with van der Waals surface area (Å²) in [6.45, 7) is 3.33. The van der Waals surface area contributed by atoms with Gasteiger partial charge in [0, 0.05) is 6.54 Å². The molecule has 0 unspecified atom stereocenters. The van der Waals surface area contributed by atoms with Crippen LogP contribution < -0.4 is 0 Å². The predicted octanol–water partition coefficient (Wildman–Crippen LogP) is 3.38. The summed E-state index contributed by atoms with van der Waals surface area (Å²) in [6, 6.07) is 11.9. The lowest BCUT2D eigenvalue weighted by Gasteiger charge is -2.21. The molecule has 0 heterocycles. The molecule has 0 spiro atoms. The van der Waals surface area contributed by atoms with Gasteiger partial charge in [-0.15, -0.1) is 0 Å². The number of nitrogens with zero attached hydrogens (tertiary/aromatic N) is 1. The van der Waals surface area contributed by atoms with E-state index in [1.807, 2.05) is 0 Å². The molecule has 0 aliphatic rings. The van der Waals surface area contributed by atoms with Gasteiger partial charge in [0.05, 0.1) is 10.5 Å². The van der Waals surface area contributed by atoms with Crippen LogP contribution in [0.2, 0.25) is 0 Å². The predicted molar refractivity (Wildman–Crippen MR) is 95.6 cm³/mol. The molecule has 2 aromatic carbocycles. The van der Waals surface area contributed by atoms with Crippen LogP contribution >= 0.6 is 0 Å². The van der Waals surface area contributed by atoms with Gasteiger partial charge in [-0.3, -0.25) is 0 Å². The highest BCUT2D eigenvalue weighted by atomic mass is 32.2. The normalized spacial score (nSPS) is 11.3. The topological polar surface area (TPSA) is 112 Å². The molecular formula is C18H19NO6S. The molecule has 1 amide bonds. The molecule has 0 atom stereocenters. The SMILES string of the molecule is CC(C)CN(C(=O)O)S(=O)(=O)c1ccc(-c2ccc(C(=O)O)cc2)cc1. The van der Waals surface area contributed by atoms with Gasteiger partial charge in [0.2, 0.25) is 0 Å². The maximum atomic E-state index is 12.6. The summed E-state index contributed by atoms with van der Waals surface area (Å²) < 4.78 is 25.6. The molecule has 0 saturated carbocycles. The van der Waals surface area contributed by atoms with E-state index in [1.165, 1.54) is 24.3 Å². The van der Waals surface area contributed by atoms with Crippen LogP contribution in [0.5, 0.6) is 0 Å². The second kappa shape index (κ2) is 7.57. The third kappa shape index (κ3) is 4.20. The molecule has 0 bridgehead atoms. The summed E-state index contributed by atoms with van der Waals surface area (Å²) in [6.07, 6.45) is -1.52. The molecule has 7 nitrogen and oxygen atoms in total. The zero-order valence-electron chi connectivity index (χ0n) is 14.3. The summed E-state index contributed by atoms with van der Waals surface area (Å²) in [7, 11) is -4.16. The van der Waals surface area contributed by atoms with E-state index in [0.29, 0.717) is 9.87 Å². The van der Waals surface area contributed by atoms with E-state index in [9.17, 15) is 23.1 Å². The molecule has 0 fully saturated rings. The summed E-state index contributed by atoms with van der Waals surface area (Å²) in [4.78, 5) is 22.1. The fourth-order valence-electron chi connectivity index (χ4n) is 2.36. The minimum atomic E-state index is -4.16. The van der Waals surface area contributed by atoms with Crippen LogP contribution in [-0.4, -0.2) is 41.5 Å². The van der Waals surface area contributed by atoms with Gasteiger partial charge in [0.1, 0.15) is 0 Å². The quantitative estimate of drug-likeness (QED) is 0.798. The van der Waals surface area contributed by atoms with E-state index >= 15 is 0 Å². The lowest BCUT2D eigenvalue weighted by molar-refractivity contribution is 0.0696. The number of aromatic carboxylic acids is 1. The van der Waals surface area contributed by atoms with Crippen LogP contribution in [0, 0.1) is 5.92 Å². The summed E-state index contributed by atoms with van der Waals surface area (Å²) in [5.41, 5.74) is 1.56. The van der Waals surface area contributed by atoms with Gasteiger partial charge in [0.25, 0.3) is 10.0 Å². The summed E-state index contributed by atoms with van der Waals surface area (Å²) >= 11 is 0. The number of amides is 1. The van der Waals surface area contributed by atoms with E-state index in [2.05, 4.69) is 0 Å². The highest BCUT2D eigenvalue weighted by Gasteiger charge is 2.29. The second-order valence-corrected chi connectivity index (χ2v) is 7.98. The number of sulfonamides is 1. The average molecular weight is 377 g/mol. The Labute approximate surface area is 151 Å². The monoisotopic (exact) mass is 377 g/mol. The Kier molecular flexibility index (Phi) is 5.66. The molecule has 0 aliphatic carbocycles. The third-order valence-electron chi connectivity index (χ3n) is 3.65. The summed E-state index contributed by atoms with van der Waals surface area (Å²) in [5.74, 6) is -1.18. The third-order valence-corrected chi connectivity index (χ3v) is 5.41. The second-order valence-electron chi connectivity index (χ2n) is 6.12.